The summed E-state index contributed by atoms with van der Waals surface area (Å²) in [4.78, 5) is 0. The average molecular weight is 953 g/mol. The maximum Gasteiger partial charge on any atom is -0.00489 e. The molecule has 13 N–H and O–H groups in total. The standard InChI is InChI=1S/C13H27N.8BrH.6H2O/c1-2-4-6-8-10-12-14-13-11-9-7-5-3-1;;;;;;;;;;;;;;/h14H,1-13H2;8*1H;6*1H2. The Kier molecular flexibility index (Phi) is 296. The van der Waals surface area contributed by atoms with Gasteiger partial charge in [-0.25, -0.2) is 0 Å². The molecule has 0 aliphatic carbocycles. The van der Waals surface area contributed by atoms with Crippen LogP contribution in [0.3, 0.4) is 0 Å². The SMILES string of the molecule is Br.Br.Br.Br.Br.Br.Br.Br.C1CCCCCCNCCCCCC1.O.O.O.O.O.O. The predicted molar refractivity (Wildman–Crippen MR) is 168 cm³/mol. The first kappa shape index (κ1) is 95.6. The molecular weight excluding hydrogens is 905 g/mol. The lowest BCUT2D eigenvalue weighted by Gasteiger charge is -2.07. The molecule has 1 fully saturated rings. The summed E-state index contributed by atoms with van der Waals surface area (Å²) in [6.45, 7) is 2.50. The van der Waals surface area contributed by atoms with Crippen molar-refractivity contribution in [3.63, 3.8) is 0 Å². The molecule has 0 unspecified atom stereocenters. The fraction of sp³-hybridized carbons (Fsp3) is 1.00. The van der Waals surface area contributed by atoms with Gasteiger partial charge in [-0.15, -0.1) is 136 Å². The van der Waals surface area contributed by atoms with Crippen LogP contribution in [0.1, 0.15) is 70.6 Å². The van der Waals surface area contributed by atoms with E-state index in [1.165, 1.54) is 83.7 Å². The second-order valence-electron chi connectivity index (χ2n) is 4.64. The van der Waals surface area contributed by atoms with Gasteiger partial charge in [-0.3, -0.25) is 0 Å². The maximum absolute atomic E-state index is 3.54. The van der Waals surface area contributed by atoms with Crippen molar-refractivity contribution in [3.8, 4) is 0 Å². The van der Waals surface area contributed by atoms with Crippen LogP contribution in [-0.2, 0) is 0 Å². The second-order valence-corrected chi connectivity index (χ2v) is 4.64. The van der Waals surface area contributed by atoms with Crippen molar-refractivity contribution in [2.24, 2.45) is 0 Å². The van der Waals surface area contributed by atoms with E-state index in [1.807, 2.05) is 0 Å². The third-order valence-corrected chi connectivity index (χ3v) is 3.21. The summed E-state index contributed by atoms with van der Waals surface area (Å²) in [5, 5.41) is 3.54. The summed E-state index contributed by atoms with van der Waals surface area (Å²) in [5.74, 6) is 0. The van der Waals surface area contributed by atoms with Crippen molar-refractivity contribution in [1.82, 2.24) is 5.32 Å². The van der Waals surface area contributed by atoms with E-state index in [0.29, 0.717) is 0 Å². The highest BCUT2D eigenvalue weighted by Crippen LogP contribution is 2.11. The third-order valence-electron chi connectivity index (χ3n) is 3.21. The molecule has 1 heterocycles. The molecule has 0 aromatic heterocycles. The summed E-state index contributed by atoms with van der Waals surface area (Å²) in [5.41, 5.74) is 0. The van der Waals surface area contributed by atoms with Crippen LogP contribution in [0.15, 0.2) is 0 Å². The van der Waals surface area contributed by atoms with Gasteiger partial charge >= 0.3 is 0 Å². The van der Waals surface area contributed by atoms with Crippen molar-refractivity contribution in [3.05, 3.63) is 0 Å². The van der Waals surface area contributed by atoms with E-state index in [2.05, 4.69) is 5.32 Å². The maximum atomic E-state index is 3.54. The fourth-order valence-corrected chi connectivity index (χ4v) is 2.22. The van der Waals surface area contributed by atoms with E-state index in [9.17, 15) is 0 Å². The minimum Gasteiger partial charge on any atom is -0.412 e. The number of halogens is 8. The van der Waals surface area contributed by atoms with Crippen molar-refractivity contribution >= 4 is 136 Å². The van der Waals surface area contributed by atoms with Gasteiger partial charge in [-0.2, -0.15) is 0 Å². The third kappa shape index (κ3) is 78.2. The van der Waals surface area contributed by atoms with Crippen LogP contribution in [0.4, 0.5) is 0 Å². The Morgan fingerprint density at radius 1 is 0.250 bits per heavy atom. The van der Waals surface area contributed by atoms with Crippen molar-refractivity contribution in [2.45, 2.75) is 70.6 Å². The van der Waals surface area contributed by atoms with Crippen LogP contribution < -0.4 is 5.32 Å². The zero-order valence-electron chi connectivity index (χ0n) is 16.0. The topological polar surface area (TPSA) is 201 Å². The number of nitrogens with one attached hydrogen (secondary N) is 1. The molecule has 0 spiro atoms. The number of hydrogen-bond acceptors (Lipinski definition) is 1. The molecule has 1 rings (SSSR count). The Bertz CT molecular complexity index is 100. The lowest BCUT2D eigenvalue weighted by atomic mass is 10.1. The van der Waals surface area contributed by atoms with E-state index in [1.54, 1.807) is 0 Å². The van der Waals surface area contributed by atoms with Crippen LogP contribution in [0, 0.1) is 0 Å². The quantitative estimate of drug-likeness (QED) is 0.381. The first-order valence-corrected chi connectivity index (χ1v) is 6.71. The Balaban J connectivity index is -0.0000000117. The van der Waals surface area contributed by atoms with Crippen LogP contribution in [-0.4, -0.2) is 45.9 Å². The van der Waals surface area contributed by atoms with Gasteiger partial charge < -0.3 is 38.2 Å². The van der Waals surface area contributed by atoms with Crippen LogP contribution in [0.25, 0.3) is 0 Å². The molecule has 15 heteroatoms. The predicted octanol–water partition coefficient (Wildman–Crippen LogP) is 3.56. The Hall–Kier alpha value is 3.56. The molecule has 0 amide bonds. The van der Waals surface area contributed by atoms with Gasteiger partial charge in [0.05, 0.1) is 0 Å². The first-order chi connectivity index (χ1) is 7.00. The molecule has 0 radical (unpaired) electrons. The largest absolute Gasteiger partial charge is 0.412 e. The van der Waals surface area contributed by atoms with E-state index >= 15 is 0 Å². The molecular formula is C13H47Br8NO6. The normalized spacial score (nSPS) is 12.0. The highest BCUT2D eigenvalue weighted by atomic mass is 79.9. The lowest BCUT2D eigenvalue weighted by molar-refractivity contribution is 0.511. The molecule has 1 saturated heterocycles. The van der Waals surface area contributed by atoms with Crippen molar-refractivity contribution < 1.29 is 32.9 Å². The molecule has 0 atom stereocenters. The van der Waals surface area contributed by atoms with Crippen molar-refractivity contribution in [1.29, 1.82) is 0 Å². The van der Waals surface area contributed by atoms with Gasteiger partial charge in [-0.05, 0) is 25.9 Å². The summed E-state index contributed by atoms with van der Waals surface area (Å²) in [7, 11) is 0. The molecule has 0 bridgehead atoms. The summed E-state index contributed by atoms with van der Waals surface area (Å²) >= 11 is 0. The molecule has 0 saturated carbocycles. The van der Waals surface area contributed by atoms with Gasteiger partial charge in [0.25, 0.3) is 0 Å². The minimum atomic E-state index is 0. The van der Waals surface area contributed by atoms with E-state index < -0.39 is 0 Å². The van der Waals surface area contributed by atoms with Gasteiger partial charge in [0.2, 0.25) is 0 Å². The second kappa shape index (κ2) is 86.6. The molecule has 0 aromatic carbocycles. The highest BCUT2D eigenvalue weighted by molar-refractivity contribution is 8.93. The zero-order chi connectivity index (χ0) is 9.90. The van der Waals surface area contributed by atoms with E-state index in [4.69, 9.17) is 0 Å². The zero-order valence-corrected chi connectivity index (χ0v) is 29.7. The molecule has 7 nitrogen and oxygen atoms in total. The van der Waals surface area contributed by atoms with Crippen LogP contribution in [0.5, 0.6) is 0 Å². The number of rotatable bonds is 0. The van der Waals surface area contributed by atoms with Crippen LogP contribution in [0.2, 0.25) is 0 Å². The molecule has 196 valence electrons. The van der Waals surface area contributed by atoms with Gasteiger partial charge in [-0.1, -0.05) is 57.8 Å². The van der Waals surface area contributed by atoms with Gasteiger partial charge in [0.15, 0.2) is 0 Å². The van der Waals surface area contributed by atoms with Crippen molar-refractivity contribution in [2.75, 3.05) is 13.1 Å². The van der Waals surface area contributed by atoms with E-state index in [-0.39, 0.29) is 169 Å². The summed E-state index contributed by atoms with van der Waals surface area (Å²) < 4.78 is 0. The summed E-state index contributed by atoms with van der Waals surface area (Å²) in [6.07, 6.45) is 16.0. The summed E-state index contributed by atoms with van der Waals surface area (Å²) in [6, 6.07) is 0. The average Bonchev–Trinajstić information content (AvgIpc) is 2.22. The Morgan fingerprint density at radius 2 is 0.393 bits per heavy atom. The first-order valence-electron chi connectivity index (χ1n) is 6.71. The monoisotopic (exact) mass is 945 g/mol. The molecule has 1 aliphatic rings. The Labute approximate surface area is 255 Å². The van der Waals surface area contributed by atoms with Gasteiger partial charge in [0, 0.05) is 0 Å². The smallest absolute Gasteiger partial charge is 0.00489 e. The fourth-order valence-electron chi connectivity index (χ4n) is 2.22. The van der Waals surface area contributed by atoms with E-state index in [0.717, 1.165) is 0 Å². The minimum absolute atomic E-state index is 0. The Morgan fingerprint density at radius 3 is 0.571 bits per heavy atom. The van der Waals surface area contributed by atoms with Gasteiger partial charge in [0.1, 0.15) is 0 Å². The lowest BCUT2D eigenvalue weighted by Crippen LogP contribution is -2.16. The van der Waals surface area contributed by atoms with Crippen LogP contribution >= 0.6 is 136 Å². The highest BCUT2D eigenvalue weighted by Gasteiger charge is 1.95. The molecule has 28 heavy (non-hydrogen) atoms. The molecule has 1 aliphatic heterocycles. The number of hydrogen-bond donors (Lipinski definition) is 1. The molecule has 0 aromatic rings.